The molecule has 1 saturated carbocycles. The summed E-state index contributed by atoms with van der Waals surface area (Å²) in [5.74, 6) is -2.87. The number of hydrogen-bond acceptors (Lipinski definition) is 4. The molecule has 1 aliphatic carbocycles. The molecule has 2 atom stereocenters. The van der Waals surface area contributed by atoms with Crippen molar-refractivity contribution in [2.75, 3.05) is 0 Å². The number of nitrogens with zero attached hydrogens (tertiary/aromatic N) is 2. The zero-order chi connectivity index (χ0) is 37.3. The van der Waals surface area contributed by atoms with Gasteiger partial charge in [0.1, 0.15) is 5.41 Å². The van der Waals surface area contributed by atoms with Gasteiger partial charge in [0.15, 0.2) is 0 Å². The number of hydrogen-bond donors (Lipinski definition) is 4. The van der Waals surface area contributed by atoms with Crippen LogP contribution in [0.15, 0.2) is 146 Å². The molecule has 8 bridgehead atoms. The Morgan fingerprint density at radius 3 is 1.07 bits per heavy atom. The molecule has 3 aliphatic rings. The number of aromatic amines is 2. The SMILES string of the molecule is NC(=O)C1(C(N)=O)[C@@H]2c3nc(c(-c4ccccc4)c4ccc([nH]4)c(-c4ccccc4)c4nc(c(-c5ccccc5)c5ccc([nH]5)c3-c3ccccc3)C=C4)[C@@H]21. The van der Waals surface area contributed by atoms with Gasteiger partial charge >= 0.3 is 0 Å². The number of benzene rings is 4. The molecule has 8 heteroatoms. The third-order valence-corrected chi connectivity index (χ3v) is 11.2. The van der Waals surface area contributed by atoms with Crippen LogP contribution in [0, 0.1) is 5.41 Å². The summed E-state index contributed by atoms with van der Waals surface area (Å²) in [6, 6.07) is 48.3. The van der Waals surface area contributed by atoms with E-state index in [1.54, 1.807) is 0 Å². The summed E-state index contributed by atoms with van der Waals surface area (Å²) in [7, 11) is 0. The van der Waals surface area contributed by atoms with Crippen LogP contribution in [0.2, 0.25) is 0 Å². The number of rotatable bonds is 6. The highest BCUT2D eigenvalue weighted by Crippen LogP contribution is 2.74. The Hall–Kier alpha value is -7.32. The van der Waals surface area contributed by atoms with Crippen molar-refractivity contribution in [3.05, 3.63) is 168 Å². The van der Waals surface area contributed by atoms with Crippen molar-refractivity contribution in [1.82, 2.24) is 19.9 Å². The van der Waals surface area contributed by atoms with E-state index < -0.39 is 29.1 Å². The van der Waals surface area contributed by atoms with E-state index in [1.807, 2.05) is 121 Å². The van der Waals surface area contributed by atoms with Gasteiger partial charge in [-0.05, 0) is 58.7 Å². The van der Waals surface area contributed by atoms with Crippen LogP contribution in [0.25, 0.3) is 78.7 Å². The smallest absolute Gasteiger partial charge is 0.234 e. The summed E-state index contributed by atoms with van der Waals surface area (Å²) in [6.45, 7) is 0. The Morgan fingerprint density at radius 1 is 0.436 bits per heavy atom. The molecule has 2 aliphatic heterocycles. The predicted octanol–water partition coefficient (Wildman–Crippen LogP) is 8.99. The normalized spacial score (nSPS) is 16.4. The lowest BCUT2D eigenvalue weighted by molar-refractivity contribution is -0.134. The van der Waals surface area contributed by atoms with E-state index in [2.05, 4.69) is 46.4 Å². The lowest BCUT2D eigenvalue weighted by atomic mass is 9.92. The maximum Gasteiger partial charge on any atom is 0.234 e. The molecule has 5 heterocycles. The third kappa shape index (κ3) is 4.92. The summed E-state index contributed by atoms with van der Waals surface area (Å²) in [5, 5.41) is 0. The standard InChI is InChI=1S/C47H34N6O2/c48-45(54)47(46(49)55)41-42(47)44-40(30-19-11-4-12-20-30)36-26-24-34(52-36)38(28-15-7-2-8-16-28)32-22-21-31(50-32)37(27-13-5-1-6-14-27)33-23-25-35(51-33)39(43(41)53-44)29-17-9-3-10-18-29/h1-26,41-42,51-52H,(H2,48,54)(H2,49,55)/t41-,42+. The highest BCUT2D eigenvalue weighted by Gasteiger charge is 2.78. The van der Waals surface area contributed by atoms with Crippen LogP contribution in [0.4, 0.5) is 0 Å². The number of amides is 2. The van der Waals surface area contributed by atoms with Crippen LogP contribution in [0.3, 0.4) is 0 Å². The Kier molecular flexibility index (Phi) is 7.28. The number of H-pyrrole nitrogens is 2. The highest BCUT2D eigenvalue weighted by molar-refractivity contribution is 6.12. The molecule has 0 saturated heterocycles. The average Bonchev–Trinajstić information content (AvgIpc) is 3.80. The number of nitrogens with one attached hydrogen (secondary N) is 2. The zero-order valence-electron chi connectivity index (χ0n) is 29.5. The molecular formula is C47H34N6O2. The van der Waals surface area contributed by atoms with Gasteiger partial charge in [0.2, 0.25) is 11.8 Å². The molecule has 0 unspecified atom stereocenters. The van der Waals surface area contributed by atoms with Crippen LogP contribution in [-0.4, -0.2) is 31.8 Å². The number of aromatic nitrogens is 4. The topological polar surface area (TPSA) is 144 Å². The molecule has 55 heavy (non-hydrogen) atoms. The van der Waals surface area contributed by atoms with Gasteiger partial charge in [-0.3, -0.25) is 14.6 Å². The molecule has 8 nitrogen and oxygen atoms in total. The van der Waals surface area contributed by atoms with E-state index in [0.717, 1.165) is 78.0 Å². The van der Waals surface area contributed by atoms with Gasteiger partial charge in [0.25, 0.3) is 0 Å². The van der Waals surface area contributed by atoms with Crippen molar-refractivity contribution in [3.8, 4) is 44.5 Å². The van der Waals surface area contributed by atoms with Crippen molar-refractivity contribution in [2.45, 2.75) is 11.8 Å². The summed E-state index contributed by atoms with van der Waals surface area (Å²) in [5.41, 5.74) is 23.8. The van der Waals surface area contributed by atoms with Crippen molar-refractivity contribution in [2.24, 2.45) is 16.9 Å². The Balaban J connectivity index is 1.45. The minimum atomic E-state index is -1.67. The molecule has 7 aromatic rings. The summed E-state index contributed by atoms with van der Waals surface area (Å²) in [4.78, 5) is 45.5. The first-order chi connectivity index (χ1) is 26.9. The molecule has 0 spiro atoms. The lowest BCUT2D eigenvalue weighted by Gasteiger charge is -2.15. The zero-order valence-corrected chi connectivity index (χ0v) is 29.5. The maximum absolute atomic E-state index is 13.6. The second-order valence-corrected chi connectivity index (χ2v) is 14.2. The number of fused-ring (bicyclic) bond motifs is 11. The first kappa shape index (κ1) is 32.3. The fourth-order valence-corrected chi connectivity index (χ4v) is 8.76. The molecule has 264 valence electrons. The Bertz CT molecular complexity index is 2690. The first-order valence-electron chi connectivity index (χ1n) is 18.2. The third-order valence-electron chi connectivity index (χ3n) is 11.2. The van der Waals surface area contributed by atoms with Gasteiger partial charge in [-0.15, -0.1) is 0 Å². The number of nitrogens with two attached hydrogens (primary N) is 2. The molecule has 0 radical (unpaired) electrons. The van der Waals surface area contributed by atoms with Crippen LogP contribution in [0.5, 0.6) is 0 Å². The maximum atomic E-state index is 13.6. The minimum Gasteiger partial charge on any atom is -0.369 e. The fraction of sp³-hybridized carbons (Fsp3) is 0.0638. The van der Waals surface area contributed by atoms with E-state index in [4.69, 9.17) is 21.4 Å². The van der Waals surface area contributed by atoms with Crippen LogP contribution in [-0.2, 0) is 9.59 Å². The average molecular weight is 715 g/mol. The van der Waals surface area contributed by atoms with Crippen molar-refractivity contribution >= 4 is 46.0 Å². The fourth-order valence-electron chi connectivity index (χ4n) is 8.76. The largest absolute Gasteiger partial charge is 0.369 e. The predicted molar refractivity (Wildman–Crippen MR) is 218 cm³/mol. The number of primary amides is 2. The van der Waals surface area contributed by atoms with Gasteiger partial charge in [0, 0.05) is 56.2 Å². The minimum absolute atomic E-state index is 0.580. The molecular weight excluding hydrogens is 681 g/mol. The van der Waals surface area contributed by atoms with Crippen molar-refractivity contribution in [1.29, 1.82) is 0 Å². The van der Waals surface area contributed by atoms with Crippen LogP contribution < -0.4 is 11.5 Å². The number of carbonyl (C=O) groups is 2. The monoisotopic (exact) mass is 714 g/mol. The molecule has 3 aromatic heterocycles. The van der Waals surface area contributed by atoms with Crippen molar-refractivity contribution < 1.29 is 9.59 Å². The summed E-state index contributed by atoms with van der Waals surface area (Å²) >= 11 is 0. The van der Waals surface area contributed by atoms with Gasteiger partial charge in [-0.1, -0.05) is 121 Å². The molecule has 10 rings (SSSR count). The van der Waals surface area contributed by atoms with E-state index in [0.29, 0.717) is 11.4 Å². The molecule has 2 amide bonds. The lowest BCUT2D eigenvalue weighted by Crippen LogP contribution is -2.40. The molecule has 6 N–H and O–H groups in total. The highest BCUT2D eigenvalue weighted by atomic mass is 16.2. The molecule has 1 fully saturated rings. The second-order valence-electron chi connectivity index (χ2n) is 14.2. The summed E-state index contributed by atoms with van der Waals surface area (Å²) < 4.78 is 0. The second kappa shape index (κ2) is 12.4. The molecule has 4 aromatic carbocycles. The quantitative estimate of drug-likeness (QED) is 0.128. The van der Waals surface area contributed by atoms with Crippen molar-refractivity contribution in [3.63, 3.8) is 0 Å². The van der Waals surface area contributed by atoms with E-state index in [1.165, 1.54) is 0 Å². The van der Waals surface area contributed by atoms with E-state index in [-0.39, 0.29) is 0 Å². The number of carbonyl (C=O) groups excluding carboxylic acids is 2. The Labute approximate surface area is 316 Å². The Morgan fingerprint density at radius 2 is 0.745 bits per heavy atom. The van der Waals surface area contributed by atoms with Crippen LogP contribution >= 0.6 is 0 Å². The van der Waals surface area contributed by atoms with Gasteiger partial charge < -0.3 is 21.4 Å². The van der Waals surface area contributed by atoms with E-state index >= 15 is 0 Å². The summed E-state index contributed by atoms with van der Waals surface area (Å²) in [6.07, 6.45) is 4.13. The van der Waals surface area contributed by atoms with Gasteiger partial charge in [0.05, 0.1) is 22.8 Å². The van der Waals surface area contributed by atoms with E-state index in [9.17, 15) is 9.59 Å². The van der Waals surface area contributed by atoms with Gasteiger partial charge in [-0.25, -0.2) is 4.98 Å². The van der Waals surface area contributed by atoms with Crippen LogP contribution in [0.1, 0.15) is 34.6 Å². The first-order valence-corrected chi connectivity index (χ1v) is 18.2. The van der Waals surface area contributed by atoms with Gasteiger partial charge in [-0.2, -0.15) is 0 Å².